The third kappa shape index (κ3) is 4.84. The molecule has 2 nitrogen and oxygen atoms in total. The highest BCUT2D eigenvalue weighted by Crippen LogP contribution is 2.12. The minimum Gasteiger partial charge on any atom is -0.326 e. The second kappa shape index (κ2) is 6.72. The Kier molecular flexibility index (Phi) is 5.59. The van der Waals surface area contributed by atoms with Gasteiger partial charge in [0.2, 0.25) is 0 Å². The molecule has 0 aliphatic rings. The summed E-state index contributed by atoms with van der Waals surface area (Å²) in [6.07, 6.45) is 1.18. The van der Waals surface area contributed by atoms with Crippen molar-refractivity contribution in [2.45, 2.75) is 33.4 Å². The van der Waals surface area contributed by atoms with Gasteiger partial charge in [0.25, 0.3) is 0 Å². The van der Waals surface area contributed by atoms with E-state index in [4.69, 9.17) is 5.73 Å². The van der Waals surface area contributed by atoms with Gasteiger partial charge in [-0.3, -0.25) is 0 Å². The molecule has 0 heterocycles. The van der Waals surface area contributed by atoms with Crippen molar-refractivity contribution in [3.05, 3.63) is 35.1 Å². The van der Waals surface area contributed by atoms with Crippen LogP contribution in [0.2, 0.25) is 0 Å². The first kappa shape index (κ1) is 14.1. The molecule has 0 fully saturated rings. The summed E-state index contributed by atoms with van der Waals surface area (Å²) in [5.74, 6) is 0.506. The van der Waals surface area contributed by atoms with E-state index in [9.17, 15) is 4.39 Å². The van der Waals surface area contributed by atoms with Crippen molar-refractivity contribution in [3.8, 4) is 0 Å². The summed E-state index contributed by atoms with van der Waals surface area (Å²) < 4.78 is 13.3. The van der Waals surface area contributed by atoms with Crippen LogP contribution in [0.3, 0.4) is 0 Å². The molecule has 1 aromatic carbocycles. The van der Waals surface area contributed by atoms with Gasteiger partial charge >= 0.3 is 0 Å². The Labute approximate surface area is 104 Å². The van der Waals surface area contributed by atoms with Crippen LogP contribution in [0.5, 0.6) is 0 Å². The third-order valence-corrected chi connectivity index (χ3v) is 2.87. The van der Waals surface area contributed by atoms with Gasteiger partial charge in [-0.1, -0.05) is 26.0 Å². The molecular weight excluding hydrogens is 215 g/mol. The molecule has 0 radical (unpaired) electrons. The van der Waals surface area contributed by atoms with Crippen LogP contribution in [0.25, 0.3) is 0 Å². The van der Waals surface area contributed by atoms with Crippen LogP contribution in [-0.4, -0.2) is 18.5 Å². The maximum atomic E-state index is 13.3. The molecule has 17 heavy (non-hydrogen) atoms. The first-order valence-corrected chi connectivity index (χ1v) is 6.18. The predicted octanol–water partition coefficient (Wildman–Crippen LogP) is 2.76. The second-order valence-corrected chi connectivity index (χ2v) is 5.05. The third-order valence-electron chi connectivity index (χ3n) is 2.87. The maximum absolute atomic E-state index is 13.3. The Morgan fingerprint density at radius 3 is 2.65 bits per heavy atom. The molecule has 2 N–H and O–H groups in total. The number of hydrogen-bond donors (Lipinski definition) is 1. The number of nitrogens with zero attached hydrogens (tertiary/aromatic N) is 1. The monoisotopic (exact) mass is 238 g/mol. The molecule has 96 valence electrons. The van der Waals surface area contributed by atoms with Crippen molar-refractivity contribution >= 4 is 0 Å². The van der Waals surface area contributed by atoms with Gasteiger partial charge in [0.05, 0.1) is 0 Å². The van der Waals surface area contributed by atoms with Crippen molar-refractivity contribution in [2.75, 3.05) is 13.6 Å². The number of benzene rings is 1. The van der Waals surface area contributed by atoms with Gasteiger partial charge in [-0.15, -0.1) is 0 Å². The lowest BCUT2D eigenvalue weighted by Crippen LogP contribution is -2.20. The predicted molar refractivity (Wildman–Crippen MR) is 70.1 cm³/mol. The van der Waals surface area contributed by atoms with Gasteiger partial charge in [-0.25, -0.2) is 4.39 Å². The van der Waals surface area contributed by atoms with Crippen molar-refractivity contribution in [3.63, 3.8) is 0 Å². The highest BCUT2D eigenvalue weighted by Gasteiger charge is 2.05. The van der Waals surface area contributed by atoms with Gasteiger partial charge in [0.1, 0.15) is 5.82 Å². The summed E-state index contributed by atoms with van der Waals surface area (Å²) in [7, 11) is 2.09. The molecule has 0 bridgehead atoms. The average molecular weight is 238 g/mol. The zero-order chi connectivity index (χ0) is 12.8. The van der Waals surface area contributed by atoms with Crippen LogP contribution in [0, 0.1) is 11.7 Å². The normalized spacial score (nSPS) is 11.5. The fraction of sp³-hybridized carbons (Fsp3) is 0.571. The summed E-state index contributed by atoms with van der Waals surface area (Å²) in [4.78, 5) is 2.26. The van der Waals surface area contributed by atoms with E-state index in [-0.39, 0.29) is 12.4 Å². The standard InChI is InChI=1S/C14H23FN2/c1-11(2)6-7-17(3)10-12-4-5-14(15)13(8-12)9-16/h4-5,8,11H,6-7,9-10,16H2,1-3H3. The van der Waals surface area contributed by atoms with Crippen LogP contribution in [0.1, 0.15) is 31.4 Å². The quantitative estimate of drug-likeness (QED) is 0.825. The lowest BCUT2D eigenvalue weighted by molar-refractivity contribution is 0.303. The molecule has 3 heteroatoms. The lowest BCUT2D eigenvalue weighted by Gasteiger charge is -2.18. The minimum atomic E-state index is -0.207. The van der Waals surface area contributed by atoms with E-state index in [2.05, 4.69) is 25.8 Å². The number of nitrogens with two attached hydrogens (primary N) is 1. The smallest absolute Gasteiger partial charge is 0.127 e. The Morgan fingerprint density at radius 1 is 1.35 bits per heavy atom. The van der Waals surface area contributed by atoms with Crippen molar-refractivity contribution in [1.82, 2.24) is 4.90 Å². The topological polar surface area (TPSA) is 29.3 Å². The fourth-order valence-electron chi connectivity index (χ4n) is 1.75. The summed E-state index contributed by atoms with van der Waals surface area (Å²) in [5.41, 5.74) is 7.22. The molecule has 0 aliphatic heterocycles. The van der Waals surface area contributed by atoms with Crippen LogP contribution in [0.15, 0.2) is 18.2 Å². The van der Waals surface area contributed by atoms with Gasteiger partial charge in [0, 0.05) is 18.7 Å². The number of hydrogen-bond acceptors (Lipinski definition) is 2. The Bertz CT molecular complexity index is 350. The zero-order valence-electron chi connectivity index (χ0n) is 11.0. The lowest BCUT2D eigenvalue weighted by atomic mass is 10.1. The fourth-order valence-corrected chi connectivity index (χ4v) is 1.75. The molecule has 1 rings (SSSR count). The number of rotatable bonds is 6. The average Bonchev–Trinajstić information content (AvgIpc) is 2.29. The van der Waals surface area contributed by atoms with E-state index < -0.39 is 0 Å². The van der Waals surface area contributed by atoms with Gasteiger partial charge in [0.15, 0.2) is 0 Å². The SMILES string of the molecule is CC(C)CCN(C)Cc1ccc(F)c(CN)c1. The highest BCUT2D eigenvalue weighted by molar-refractivity contribution is 5.24. The molecule has 0 aromatic heterocycles. The molecule has 0 aliphatic carbocycles. The molecule has 0 saturated heterocycles. The molecule has 1 aromatic rings. The van der Waals surface area contributed by atoms with E-state index in [1.807, 2.05) is 12.1 Å². The van der Waals surface area contributed by atoms with Gasteiger partial charge in [-0.05, 0) is 37.6 Å². The zero-order valence-corrected chi connectivity index (χ0v) is 11.0. The molecular formula is C14H23FN2. The largest absolute Gasteiger partial charge is 0.326 e. The van der Waals surface area contributed by atoms with E-state index in [1.165, 1.54) is 12.5 Å². The highest BCUT2D eigenvalue weighted by atomic mass is 19.1. The van der Waals surface area contributed by atoms with Gasteiger partial charge in [-0.2, -0.15) is 0 Å². The first-order chi connectivity index (χ1) is 8.02. The summed E-state index contributed by atoms with van der Waals surface area (Å²) in [6, 6.07) is 5.20. The summed E-state index contributed by atoms with van der Waals surface area (Å²) in [5, 5.41) is 0. The van der Waals surface area contributed by atoms with Crippen molar-refractivity contribution < 1.29 is 4.39 Å². The van der Waals surface area contributed by atoms with E-state index in [0.29, 0.717) is 11.5 Å². The Hall–Kier alpha value is -0.930. The summed E-state index contributed by atoms with van der Waals surface area (Å²) in [6.45, 7) is 6.61. The van der Waals surface area contributed by atoms with Crippen molar-refractivity contribution in [1.29, 1.82) is 0 Å². The van der Waals surface area contributed by atoms with E-state index >= 15 is 0 Å². The molecule has 0 saturated carbocycles. The van der Waals surface area contributed by atoms with Crippen LogP contribution >= 0.6 is 0 Å². The molecule has 0 unspecified atom stereocenters. The van der Waals surface area contributed by atoms with Gasteiger partial charge < -0.3 is 10.6 Å². The van der Waals surface area contributed by atoms with Crippen LogP contribution in [0.4, 0.5) is 4.39 Å². The second-order valence-electron chi connectivity index (χ2n) is 5.05. The number of halogens is 1. The Balaban J connectivity index is 2.56. The van der Waals surface area contributed by atoms with E-state index in [0.717, 1.165) is 18.7 Å². The summed E-state index contributed by atoms with van der Waals surface area (Å²) >= 11 is 0. The van der Waals surface area contributed by atoms with Crippen molar-refractivity contribution in [2.24, 2.45) is 11.7 Å². The van der Waals surface area contributed by atoms with Crippen LogP contribution in [-0.2, 0) is 13.1 Å². The minimum absolute atomic E-state index is 0.207. The Morgan fingerprint density at radius 2 is 2.06 bits per heavy atom. The van der Waals surface area contributed by atoms with Crippen LogP contribution < -0.4 is 5.73 Å². The maximum Gasteiger partial charge on any atom is 0.127 e. The first-order valence-electron chi connectivity index (χ1n) is 6.18. The van der Waals surface area contributed by atoms with E-state index in [1.54, 1.807) is 0 Å². The molecule has 0 atom stereocenters. The molecule has 0 spiro atoms. The molecule has 0 amide bonds.